The van der Waals surface area contributed by atoms with E-state index in [0.29, 0.717) is 28.4 Å². The van der Waals surface area contributed by atoms with Crippen molar-refractivity contribution < 1.29 is 33.6 Å². The van der Waals surface area contributed by atoms with Gasteiger partial charge in [-0.15, -0.1) is 0 Å². The van der Waals surface area contributed by atoms with Crippen molar-refractivity contribution in [2.75, 3.05) is 41.6 Å². The maximum atomic E-state index is 13.0. The summed E-state index contributed by atoms with van der Waals surface area (Å²) in [6.07, 6.45) is 0. The molecule has 8 nitrogen and oxygen atoms in total. The molecular weight excluding hydrogens is 402 g/mol. The van der Waals surface area contributed by atoms with Gasteiger partial charge < -0.3 is 29.0 Å². The molecule has 1 aliphatic heterocycles. The molecule has 0 spiro atoms. The monoisotopic (exact) mass is 427 g/mol. The van der Waals surface area contributed by atoms with Gasteiger partial charge in [-0.2, -0.15) is 0 Å². The third-order valence-corrected chi connectivity index (χ3v) is 5.13. The standard InChI is InChI=1S/C23H25NO7/c1-28-11-10-24-19(15-12-16(29-2)22(31-4)17(13-15)30-3)18(21(26)23(24)27)20(25)14-8-6-5-7-9-14/h5-9,12-13,19,25H,10-11H2,1-4H3/b20-18+/t19-/m0/s1. The van der Waals surface area contributed by atoms with Gasteiger partial charge in [-0.05, 0) is 17.7 Å². The van der Waals surface area contributed by atoms with E-state index in [1.54, 1.807) is 42.5 Å². The highest BCUT2D eigenvalue weighted by molar-refractivity contribution is 6.46. The molecule has 0 radical (unpaired) electrons. The van der Waals surface area contributed by atoms with Gasteiger partial charge in [0.1, 0.15) is 5.76 Å². The summed E-state index contributed by atoms with van der Waals surface area (Å²) >= 11 is 0. The van der Waals surface area contributed by atoms with Crippen molar-refractivity contribution >= 4 is 17.4 Å². The molecule has 0 saturated carbocycles. The Kier molecular flexibility index (Phi) is 6.81. The minimum atomic E-state index is -0.857. The number of ether oxygens (including phenoxy) is 4. The van der Waals surface area contributed by atoms with Crippen molar-refractivity contribution in [1.82, 2.24) is 4.90 Å². The van der Waals surface area contributed by atoms with Gasteiger partial charge in [0.25, 0.3) is 11.7 Å². The Hall–Kier alpha value is -3.52. The van der Waals surface area contributed by atoms with Gasteiger partial charge in [-0.25, -0.2) is 0 Å². The number of hydrogen-bond acceptors (Lipinski definition) is 7. The van der Waals surface area contributed by atoms with E-state index in [1.165, 1.54) is 33.3 Å². The van der Waals surface area contributed by atoms with E-state index in [2.05, 4.69) is 0 Å². The van der Waals surface area contributed by atoms with E-state index >= 15 is 0 Å². The van der Waals surface area contributed by atoms with Crippen LogP contribution in [0.25, 0.3) is 5.76 Å². The largest absolute Gasteiger partial charge is 0.507 e. The van der Waals surface area contributed by atoms with Gasteiger partial charge in [0.15, 0.2) is 11.5 Å². The maximum absolute atomic E-state index is 13.0. The second-order valence-corrected chi connectivity index (χ2v) is 6.81. The van der Waals surface area contributed by atoms with Gasteiger partial charge in [-0.1, -0.05) is 30.3 Å². The second-order valence-electron chi connectivity index (χ2n) is 6.81. The maximum Gasteiger partial charge on any atom is 0.295 e. The van der Waals surface area contributed by atoms with Crippen LogP contribution in [0.2, 0.25) is 0 Å². The summed E-state index contributed by atoms with van der Waals surface area (Å²) in [5, 5.41) is 11.0. The number of benzene rings is 2. The molecule has 2 aromatic carbocycles. The minimum Gasteiger partial charge on any atom is -0.507 e. The van der Waals surface area contributed by atoms with Crippen LogP contribution in [0.1, 0.15) is 17.2 Å². The molecule has 0 aromatic heterocycles. The zero-order chi connectivity index (χ0) is 22.5. The van der Waals surface area contributed by atoms with E-state index in [0.717, 1.165) is 0 Å². The molecule has 0 bridgehead atoms. The number of ketones is 1. The Morgan fingerprint density at radius 2 is 1.58 bits per heavy atom. The molecule has 1 heterocycles. The number of carbonyl (C=O) groups excluding carboxylic acids is 2. The SMILES string of the molecule is COCCN1C(=O)C(=O)/C(=C(/O)c2ccccc2)[C@@H]1c1cc(OC)c(OC)c(OC)c1. The van der Waals surface area contributed by atoms with Crippen LogP contribution in [-0.2, 0) is 14.3 Å². The first-order valence-electron chi connectivity index (χ1n) is 9.61. The van der Waals surface area contributed by atoms with E-state index in [-0.39, 0.29) is 24.5 Å². The smallest absolute Gasteiger partial charge is 0.295 e. The van der Waals surface area contributed by atoms with Crippen molar-refractivity contribution in [3.63, 3.8) is 0 Å². The van der Waals surface area contributed by atoms with Gasteiger partial charge in [-0.3, -0.25) is 9.59 Å². The third-order valence-electron chi connectivity index (χ3n) is 5.13. The van der Waals surface area contributed by atoms with Crippen LogP contribution in [0.4, 0.5) is 0 Å². The summed E-state index contributed by atoms with van der Waals surface area (Å²) in [6, 6.07) is 11.1. The van der Waals surface area contributed by atoms with Crippen molar-refractivity contribution in [2.24, 2.45) is 0 Å². The minimum absolute atomic E-state index is 0.0124. The molecule has 1 atom stereocenters. The topological polar surface area (TPSA) is 94.5 Å². The molecule has 1 saturated heterocycles. The summed E-state index contributed by atoms with van der Waals surface area (Å²) < 4.78 is 21.4. The number of carbonyl (C=O) groups is 2. The number of rotatable bonds is 8. The molecule has 3 rings (SSSR count). The zero-order valence-corrected chi connectivity index (χ0v) is 17.9. The quantitative estimate of drug-likeness (QED) is 0.393. The molecule has 1 fully saturated rings. The Bertz CT molecular complexity index is 975. The van der Waals surface area contributed by atoms with E-state index < -0.39 is 17.7 Å². The molecule has 1 aliphatic rings. The van der Waals surface area contributed by atoms with Crippen LogP contribution in [0, 0.1) is 0 Å². The number of aliphatic hydroxyl groups excluding tert-OH is 1. The molecule has 0 unspecified atom stereocenters. The molecule has 1 N–H and O–H groups in total. The van der Waals surface area contributed by atoms with Crippen LogP contribution in [-0.4, -0.2) is 63.3 Å². The van der Waals surface area contributed by atoms with Crippen LogP contribution in [0.3, 0.4) is 0 Å². The Balaban J connectivity index is 2.25. The van der Waals surface area contributed by atoms with Gasteiger partial charge in [0, 0.05) is 19.2 Å². The fourth-order valence-electron chi connectivity index (χ4n) is 3.66. The lowest BCUT2D eigenvalue weighted by Crippen LogP contribution is -2.32. The zero-order valence-electron chi connectivity index (χ0n) is 17.9. The first-order chi connectivity index (χ1) is 15.0. The van der Waals surface area contributed by atoms with Gasteiger partial charge in [0.05, 0.1) is 39.6 Å². The summed E-state index contributed by atoms with van der Waals surface area (Å²) in [6.45, 7) is 0.382. The average molecular weight is 427 g/mol. The Labute approximate surface area is 180 Å². The molecule has 1 amide bonds. The highest BCUT2D eigenvalue weighted by atomic mass is 16.5. The predicted molar refractivity (Wildman–Crippen MR) is 113 cm³/mol. The fourth-order valence-corrected chi connectivity index (χ4v) is 3.66. The van der Waals surface area contributed by atoms with Crippen LogP contribution in [0.5, 0.6) is 17.2 Å². The normalized spacial score (nSPS) is 17.7. The van der Waals surface area contributed by atoms with E-state index in [1.807, 2.05) is 0 Å². The number of aliphatic hydroxyl groups is 1. The van der Waals surface area contributed by atoms with Crippen LogP contribution >= 0.6 is 0 Å². The van der Waals surface area contributed by atoms with Crippen LogP contribution < -0.4 is 14.2 Å². The fraction of sp³-hybridized carbons (Fsp3) is 0.304. The van der Waals surface area contributed by atoms with Crippen molar-refractivity contribution in [3.8, 4) is 17.2 Å². The molecule has 0 aliphatic carbocycles. The predicted octanol–water partition coefficient (Wildman–Crippen LogP) is 2.78. The highest BCUT2D eigenvalue weighted by Gasteiger charge is 2.46. The molecule has 2 aromatic rings. The number of amides is 1. The second kappa shape index (κ2) is 9.53. The first-order valence-corrected chi connectivity index (χ1v) is 9.61. The number of likely N-dealkylation sites (tertiary alicyclic amines) is 1. The molecule has 31 heavy (non-hydrogen) atoms. The lowest BCUT2D eigenvalue weighted by Gasteiger charge is -2.26. The van der Waals surface area contributed by atoms with E-state index in [4.69, 9.17) is 18.9 Å². The van der Waals surface area contributed by atoms with Crippen molar-refractivity contribution in [2.45, 2.75) is 6.04 Å². The average Bonchev–Trinajstić information content (AvgIpc) is 3.06. The molecule has 8 heteroatoms. The van der Waals surface area contributed by atoms with Crippen molar-refractivity contribution in [1.29, 1.82) is 0 Å². The lowest BCUT2D eigenvalue weighted by atomic mass is 9.94. The first kappa shape index (κ1) is 22.2. The molecule has 164 valence electrons. The van der Waals surface area contributed by atoms with Gasteiger partial charge in [0.2, 0.25) is 5.75 Å². The number of methoxy groups -OCH3 is 4. The van der Waals surface area contributed by atoms with Crippen LogP contribution in [0.15, 0.2) is 48.0 Å². The number of hydrogen-bond donors (Lipinski definition) is 1. The van der Waals surface area contributed by atoms with Gasteiger partial charge >= 0.3 is 0 Å². The lowest BCUT2D eigenvalue weighted by molar-refractivity contribution is -0.140. The summed E-state index contributed by atoms with van der Waals surface area (Å²) in [4.78, 5) is 27.2. The number of Topliss-reactive ketones (excluding diaryl/α,β-unsaturated/α-hetero) is 1. The summed E-state index contributed by atoms with van der Waals surface area (Å²) in [7, 11) is 5.95. The molecular formula is C23H25NO7. The summed E-state index contributed by atoms with van der Waals surface area (Å²) in [5.41, 5.74) is 0.952. The summed E-state index contributed by atoms with van der Waals surface area (Å²) in [5.74, 6) is -0.615. The van der Waals surface area contributed by atoms with E-state index in [9.17, 15) is 14.7 Å². The Morgan fingerprint density at radius 1 is 0.968 bits per heavy atom. The Morgan fingerprint density at radius 3 is 2.10 bits per heavy atom. The highest BCUT2D eigenvalue weighted by Crippen LogP contribution is 2.45. The number of nitrogens with zero attached hydrogens (tertiary/aromatic N) is 1. The van der Waals surface area contributed by atoms with Crippen molar-refractivity contribution in [3.05, 3.63) is 59.2 Å². The third kappa shape index (κ3) is 4.06.